The van der Waals surface area contributed by atoms with E-state index >= 15 is 0 Å². The van der Waals surface area contributed by atoms with Gasteiger partial charge in [0.1, 0.15) is 6.17 Å². The van der Waals surface area contributed by atoms with Crippen LogP contribution in [-0.4, -0.2) is 73.5 Å². The second-order valence-corrected chi connectivity index (χ2v) is 4.80. The van der Waals surface area contributed by atoms with Crippen LogP contribution < -0.4 is 0 Å². The summed E-state index contributed by atoms with van der Waals surface area (Å²) in [6.45, 7) is 6.35. The highest BCUT2D eigenvalue weighted by Gasteiger charge is 2.29. The Labute approximate surface area is 92.8 Å². The van der Waals surface area contributed by atoms with Gasteiger partial charge >= 0.3 is 0 Å². The van der Waals surface area contributed by atoms with Crippen LogP contribution >= 0.6 is 0 Å². The quantitative estimate of drug-likeness (QED) is 0.577. The van der Waals surface area contributed by atoms with Gasteiger partial charge in [-0.15, -0.1) is 0 Å². The molecule has 0 bridgehead atoms. The standard InChI is InChI=1S/C11H23N3O/c1-9-6-12(3)7-10(2)14(5)11(8-15)13(9)4/h8-11H,6-7H2,1-5H3. The Morgan fingerprint density at radius 2 is 1.40 bits per heavy atom. The minimum absolute atomic E-state index is 0.0938. The largest absolute Gasteiger partial charge is 0.303 e. The molecule has 15 heavy (non-hydrogen) atoms. The fourth-order valence-corrected chi connectivity index (χ4v) is 2.23. The van der Waals surface area contributed by atoms with Crippen molar-refractivity contribution in [3.8, 4) is 0 Å². The summed E-state index contributed by atoms with van der Waals surface area (Å²) in [5.41, 5.74) is 0. The molecule has 0 saturated carbocycles. The molecule has 88 valence electrons. The first kappa shape index (κ1) is 12.6. The van der Waals surface area contributed by atoms with Crippen LogP contribution in [0.3, 0.4) is 0 Å². The maximum atomic E-state index is 11.1. The molecule has 0 aromatic heterocycles. The maximum Gasteiger partial charge on any atom is 0.151 e. The van der Waals surface area contributed by atoms with Gasteiger partial charge in [-0.05, 0) is 35.0 Å². The van der Waals surface area contributed by atoms with E-state index in [-0.39, 0.29) is 6.17 Å². The zero-order valence-corrected chi connectivity index (χ0v) is 10.5. The van der Waals surface area contributed by atoms with Gasteiger partial charge in [0.05, 0.1) is 0 Å². The van der Waals surface area contributed by atoms with E-state index in [0.29, 0.717) is 12.1 Å². The second kappa shape index (κ2) is 5.05. The van der Waals surface area contributed by atoms with E-state index in [1.165, 1.54) is 0 Å². The van der Waals surface area contributed by atoms with Crippen LogP contribution in [0.4, 0.5) is 0 Å². The molecule has 0 aromatic carbocycles. The lowest BCUT2D eigenvalue weighted by Crippen LogP contribution is -2.59. The normalized spacial score (nSPS) is 37.3. The number of hydrogen-bond acceptors (Lipinski definition) is 4. The van der Waals surface area contributed by atoms with Gasteiger partial charge in [-0.3, -0.25) is 9.80 Å². The summed E-state index contributed by atoms with van der Waals surface area (Å²) in [7, 11) is 6.17. The lowest BCUT2D eigenvalue weighted by molar-refractivity contribution is -0.121. The van der Waals surface area contributed by atoms with E-state index < -0.39 is 0 Å². The summed E-state index contributed by atoms with van der Waals surface area (Å²) in [4.78, 5) is 17.7. The van der Waals surface area contributed by atoms with Crippen LogP contribution in [0.2, 0.25) is 0 Å². The Kier molecular flexibility index (Phi) is 4.25. The first-order chi connectivity index (χ1) is 6.97. The Hall–Kier alpha value is -0.450. The summed E-state index contributed by atoms with van der Waals surface area (Å²) in [5, 5.41) is 0. The number of carbonyl (C=O) groups is 1. The van der Waals surface area contributed by atoms with Crippen molar-refractivity contribution in [2.75, 3.05) is 34.2 Å². The minimum atomic E-state index is -0.0938. The summed E-state index contributed by atoms with van der Waals surface area (Å²) in [6, 6.07) is 0.806. The minimum Gasteiger partial charge on any atom is -0.303 e. The van der Waals surface area contributed by atoms with E-state index in [0.717, 1.165) is 19.4 Å². The second-order valence-electron chi connectivity index (χ2n) is 4.80. The topological polar surface area (TPSA) is 26.8 Å². The van der Waals surface area contributed by atoms with Crippen molar-refractivity contribution >= 4 is 6.29 Å². The molecule has 0 N–H and O–H groups in total. The predicted octanol–water partition coefficient (Wildman–Crippen LogP) is 0.0974. The third-order valence-electron chi connectivity index (χ3n) is 3.50. The smallest absolute Gasteiger partial charge is 0.151 e. The summed E-state index contributed by atoms with van der Waals surface area (Å²) < 4.78 is 0. The van der Waals surface area contributed by atoms with Crippen molar-refractivity contribution in [1.29, 1.82) is 0 Å². The molecule has 4 nitrogen and oxygen atoms in total. The molecule has 1 saturated heterocycles. The van der Waals surface area contributed by atoms with E-state index in [2.05, 4.69) is 35.6 Å². The van der Waals surface area contributed by atoms with Crippen molar-refractivity contribution in [3.63, 3.8) is 0 Å². The monoisotopic (exact) mass is 213 g/mol. The molecule has 4 heteroatoms. The van der Waals surface area contributed by atoms with Crippen LogP contribution in [0.15, 0.2) is 0 Å². The number of nitrogens with zero attached hydrogens (tertiary/aromatic N) is 3. The Morgan fingerprint density at radius 1 is 1.00 bits per heavy atom. The molecule has 2 atom stereocenters. The SMILES string of the molecule is CC1CN(C)CC(C)N(C)C(C=O)N1C. The van der Waals surface area contributed by atoms with Crippen molar-refractivity contribution in [2.24, 2.45) is 0 Å². The van der Waals surface area contributed by atoms with Crippen LogP contribution in [0.1, 0.15) is 13.8 Å². The van der Waals surface area contributed by atoms with E-state index in [9.17, 15) is 4.79 Å². The average molecular weight is 213 g/mol. The highest BCUT2D eigenvalue weighted by Crippen LogP contribution is 2.13. The highest BCUT2D eigenvalue weighted by molar-refractivity contribution is 5.57. The van der Waals surface area contributed by atoms with Gasteiger partial charge in [-0.25, -0.2) is 0 Å². The molecule has 0 aromatic rings. The lowest BCUT2D eigenvalue weighted by atomic mass is 10.1. The van der Waals surface area contributed by atoms with Gasteiger partial charge in [0.15, 0.2) is 6.29 Å². The molecule has 2 unspecified atom stereocenters. The third kappa shape index (κ3) is 2.77. The lowest BCUT2D eigenvalue weighted by Gasteiger charge is -2.43. The number of likely N-dealkylation sites (N-methyl/N-ethyl adjacent to an activating group) is 3. The van der Waals surface area contributed by atoms with Crippen molar-refractivity contribution in [2.45, 2.75) is 32.1 Å². The van der Waals surface area contributed by atoms with Crippen LogP contribution in [0.25, 0.3) is 0 Å². The summed E-state index contributed by atoms with van der Waals surface area (Å²) in [6.07, 6.45) is 0.946. The van der Waals surface area contributed by atoms with Gasteiger partial charge < -0.3 is 9.69 Å². The van der Waals surface area contributed by atoms with Crippen molar-refractivity contribution < 1.29 is 4.79 Å². The van der Waals surface area contributed by atoms with Crippen LogP contribution in [-0.2, 0) is 4.79 Å². The van der Waals surface area contributed by atoms with Gasteiger partial charge in [0.25, 0.3) is 0 Å². The molecule has 0 radical (unpaired) electrons. The third-order valence-corrected chi connectivity index (χ3v) is 3.50. The van der Waals surface area contributed by atoms with Gasteiger partial charge in [-0.1, -0.05) is 0 Å². The maximum absolute atomic E-state index is 11.1. The number of hydrogen-bond donors (Lipinski definition) is 0. The van der Waals surface area contributed by atoms with Gasteiger partial charge in [0.2, 0.25) is 0 Å². The molecule has 1 aliphatic heterocycles. The number of rotatable bonds is 1. The zero-order chi connectivity index (χ0) is 11.6. The van der Waals surface area contributed by atoms with E-state index in [1.54, 1.807) is 0 Å². The molecule has 1 heterocycles. The molecule has 1 rings (SSSR count). The van der Waals surface area contributed by atoms with E-state index in [4.69, 9.17) is 0 Å². The van der Waals surface area contributed by atoms with Crippen molar-refractivity contribution in [3.05, 3.63) is 0 Å². The zero-order valence-electron chi connectivity index (χ0n) is 10.5. The first-order valence-corrected chi connectivity index (χ1v) is 5.55. The Balaban J connectivity index is 2.83. The summed E-state index contributed by atoms with van der Waals surface area (Å²) >= 11 is 0. The number of carbonyl (C=O) groups excluding carboxylic acids is 1. The Morgan fingerprint density at radius 3 is 1.73 bits per heavy atom. The Bertz CT molecular complexity index is 204. The fourth-order valence-electron chi connectivity index (χ4n) is 2.23. The van der Waals surface area contributed by atoms with E-state index in [1.807, 2.05) is 14.1 Å². The molecule has 0 spiro atoms. The molecular formula is C11H23N3O. The fraction of sp³-hybridized carbons (Fsp3) is 0.909. The molecular weight excluding hydrogens is 190 g/mol. The first-order valence-electron chi connectivity index (χ1n) is 5.55. The molecule has 0 amide bonds. The molecule has 1 aliphatic rings. The molecule has 0 aliphatic carbocycles. The van der Waals surface area contributed by atoms with Gasteiger partial charge in [0, 0.05) is 25.2 Å². The van der Waals surface area contributed by atoms with Crippen molar-refractivity contribution in [1.82, 2.24) is 14.7 Å². The van der Waals surface area contributed by atoms with Crippen LogP contribution in [0, 0.1) is 0 Å². The predicted molar refractivity (Wildman–Crippen MR) is 61.8 cm³/mol. The average Bonchev–Trinajstić information content (AvgIpc) is 2.16. The van der Waals surface area contributed by atoms with Gasteiger partial charge in [-0.2, -0.15) is 0 Å². The highest BCUT2D eigenvalue weighted by atomic mass is 16.1. The van der Waals surface area contributed by atoms with Crippen LogP contribution in [0.5, 0.6) is 0 Å². The molecule has 1 fully saturated rings. The summed E-state index contributed by atoms with van der Waals surface area (Å²) in [5.74, 6) is 0. The number of aldehydes is 1.